The molecule has 0 unspecified atom stereocenters. The maximum absolute atomic E-state index is 11.6. The molecule has 0 radical (unpaired) electrons. The smallest absolute Gasteiger partial charge is 0.409 e. The van der Waals surface area contributed by atoms with Crippen LogP contribution >= 0.6 is 0 Å². The third kappa shape index (κ3) is 3.85. The summed E-state index contributed by atoms with van der Waals surface area (Å²) < 4.78 is 4.94. The van der Waals surface area contributed by atoms with Gasteiger partial charge in [0.05, 0.1) is 0 Å². The molecule has 2 aromatic carbocycles. The molecule has 96 valence electrons. The molecule has 5 nitrogen and oxygen atoms in total. The van der Waals surface area contributed by atoms with Crippen LogP contribution in [0.25, 0.3) is 0 Å². The van der Waals surface area contributed by atoms with Crippen LogP contribution in [0.5, 0.6) is 5.75 Å². The van der Waals surface area contributed by atoms with Gasteiger partial charge in [0.25, 0.3) is 5.91 Å². The Morgan fingerprint density at radius 2 is 1.37 bits per heavy atom. The molecule has 0 spiro atoms. The highest BCUT2D eigenvalue weighted by molar-refractivity contribution is 5.94. The molecule has 0 saturated heterocycles. The fraction of sp³-hybridized carbons (Fsp3) is 0. The van der Waals surface area contributed by atoms with Gasteiger partial charge in [-0.15, -0.1) is 0 Å². The van der Waals surface area contributed by atoms with E-state index >= 15 is 0 Å². The van der Waals surface area contributed by atoms with Crippen LogP contribution < -0.4 is 15.6 Å². The maximum atomic E-state index is 11.6. The van der Waals surface area contributed by atoms with Gasteiger partial charge in [-0.25, -0.2) is 10.2 Å². The van der Waals surface area contributed by atoms with E-state index in [0.29, 0.717) is 11.3 Å². The minimum atomic E-state index is -0.754. The SMILES string of the molecule is O=C(NNC(=O)c1ccccc1)Oc1ccccc1. The number of para-hydroxylation sites is 1. The summed E-state index contributed by atoms with van der Waals surface area (Å²) in [5, 5.41) is 0. The van der Waals surface area contributed by atoms with Gasteiger partial charge in [0.15, 0.2) is 0 Å². The van der Waals surface area contributed by atoms with Crippen molar-refractivity contribution in [2.24, 2.45) is 0 Å². The number of carbonyl (C=O) groups is 2. The minimum Gasteiger partial charge on any atom is -0.409 e. The van der Waals surface area contributed by atoms with Crippen molar-refractivity contribution in [1.29, 1.82) is 0 Å². The lowest BCUT2D eigenvalue weighted by molar-refractivity contribution is 0.0928. The molecule has 0 aliphatic rings. The summed E-state index contributed by atoms with van der Waals surface area (Å²) in [6, 6.07) is 17.1. The molecule has 2 rings (SSSR count). The Bertz CT molecular complexity index is 555. The normalized spacial score (nSPS) is 9.47. The molecule has 2 amide bonds. The van der Waals surface area contributed by atoms with Crippen LogP contribution in [0.15, 0.2) is 60.7 Å². The second-order valence-corrected chi connectivity index (χ2v) is 3.65. The molecule has 0 aliphatic carbocycles. The van der Waals surface area contributed by atoms with Gasteiger partial charge in [0.2, 0.25) is 0 Å². The largest absolute Gasteiger partial charge is 0.431 e. The van der Waals surface area contributed by atoms with Gasteiger partial charge in [-0.2, -0.15) is 0 Å². The molecule has 0 bridgehead atoms. The van der Waals surface area contributed by atoms with Crippen molar-refractivity contribution >= 4 is 12.0 Å². The molecule has 2 aromatic rings. The van der Waals surface area contributed by atoms with Gasteiger partial charge in [-0.3, -0.25) is 10.2 Å². The number of amides is 2. The zero-order valence-corrected chi connectivity index (χ0v) is 10.00. The van der Waals surface area contributed by atoms with Crippen molar-refractivity contribution in [3.63, 3.8) is 0 Å². The third-order valence-corrected chi connectivity index (χ3v) is 2.27. The monoisotopic (exact) mass is 256 g/mol. The predicted octanol–water partition coefficient (Wildman–Crippen LogP) is 2.12. The van der Waals surface area contributed by atoms with Gasteiger partial charge in [0, 0.05) is 5.56 Å². The lowest BCUT2D eigenvalue weighted by Gasteiger charge is -2.07. The van der Waals surface area contributed by atoms with E-state index in [0.717, 1.165) is 0 Å². The van der Waals surface area contributed by atoms with E-state index in [4.69, 9.17) is 4.74 Å². The zero-order chi connectivity index (χ0) is 13.5. The lowest BCUT2D eigenvalue weighted by atomic mass is 10.2. The highest BCUT2D eigenvalue weighted by Gasteiger charge is 2.07. The average Bonchev–Trinajstić information content (AvgIpc) is 2.47. The molecule has 0 fully saturated rings. The molecule has 2 N–H and O–H groups in total. The number of carbonyl (C=O) groups excluding carboxylic acids is 2. The number of hydrogen-bond donors (Lipinski definition) is 2. The van der Waals surface area contributed by atoms with E-state index in [1.807, 2.05) is 6.07 Å². The Kier molecular flexibility index (Phi) is 4.12. The number of benzene rings is 2. The number of rotatable bonds is 2. The Morgan fingerprint density at radius 1 is 0.789 bits per heavy atom. The first-order chi connectivity index (χ1) is 9.25. The summed E-state index contributed by atoms with van der Waals surface area (Å²) in [5.41, 5.74) is 4.87. The fourth-order valence-corrected chi connectivity index (χ4v) is 1.39. The number of hydrogen-bond acceptors (Lipinski definition) is 3. The highest BCUT2D eigenvalue weighted by atomic mass is 16.6. The minimum absolute atomic E-state index is 0.397. The van der Waals surface area contributed by atoms with Crippen molar-refractivity contribution in [2.45, 2.75) is 0 Å². The van der Waals surface area contributed by atoms with E-state index in [1.165, 1.54) is 0 Å². The first-order valence-corrected chi connectivity index (χ1v) is 5.64. The molecule has 0 heterocycles. The van der Waals surface area contributed by atoms with Gasteiger partial charge >= 0.3 is 6.09 Å². The van der Waals surface area contributed by atoms with Crippen molar-refractivity contribution in [2.75, 3.05) is 0 Å². The summed E-state index contributed by atoms with van der Waals surface area (Å²) in [4.78, 5) is 23.0. The van der Waals surface area contributed by atoms with Crippen molar-refractivity contribution in [3.05, 3.63) is 66.2 Å². The van der Waals surface area contributed by atoms with Crippen LogP contribution in [0, 0.1) is 0 Å². The molecule has 0 aromatic heterocycles. The average molecular weight is 256 g/mol. The highest BCUT2D eigenvalue weighted by Crippen LogP contribution is 2.07. The molecule has 19 heavy (non-hydrogen) atoms. The van der Waals surface area contributed by atoms with Gasteiger partial charge in [0.1, 0.15) is 5.75 Å². The van der Waals surface area contributed by atoms with Crippen LogP contribution in [0.2, 0.25) is 0 Å². The number of hydrazine groups is 1. The van der Waals surface area contributed by atoms with E-state index < -0.39 is 12.0 Å². The van der Waals surface area contributed by atoms with Crippen LogP contribution in [-0.2, 0) is 0 Å². The van der Waals surface area contributed by atoms with E-state index in [-0.39, 0.29) is 0 Å². The summed E-state index contributed by atoms with van der Waals surface area (Å²) in [5.74, 6) is -0.0143. The van der Waals surface area contributed by atoms with E-state index in [9.17, 15) is 9.59 Å². The number of nitrogens with one attached hydrogen (secondary N) is 2. The third-order valence-electron chi connectivity index (χ3n) is 2.27. The standard InChI is InChI=1S/C14H12N2O3/c17-13(11-7-3-1-4-8-11)15-16-14(18)19-12-9-5-2-6-10-12/h1-10H,(H,15,17)(H,16,18). The van der Waals surface area contributed by atoms with Gasteiger partial charge in [-0.1, -0.05) is 36.4 Å². The summed E-state index contributed by atoms with van der Waals surface area (Å²) in [6.07, 6.45) is -0.754. The Labute approximate surface area is 110 Å². The molecule has 0 saturated carbocycles. The molecule has 5 heteroatoms. The molecular formula is C14H12N2O3. The van der Waals surface area contributed by atoms with Gasteiger partial charge in [-0.05, 0) is 24.3 Å². The number of ether oxygens (including phenoxy) is 1. The van der Waals surface area contributed by atoms with Crippen LogP contribution in [-0.4, -0.2) is 12.0 Å². The Balaban J connectivity index is 1.83. The second kappa shape index (κ2) is 6.20. The predicted molar refractivity (Wildman–Crippen MR) is 69.5 cm³/mol. The quantitative estimate of drug-likeness (QED) is 0.809. The molecular weight excluding hydrogens is 244 g/mol. The van der Waals surface area contributed by atoms with Crippen molar-refractivity contribution in [3.8, 4) is 5.75 Å². The molecule has 0 atom stereocenters. The summed E-state index contributed by atoms with van der Waals surface area (Å²) in [6.45, 7) is 0. The Morgan fingerprint density at radius 3 is 2.00 bits per heavy atom. The van der Waals surface area contributed by atoms with Crippen LogP contribution in [0.4, 0.5) is 4.79 Å². The summed E-state index contributed by atoms with van der Waals surface area (Å²) in [7, 11) is 0. The van der Waals surface area contributed by atoms with Crippen LogP contribution in [0.3, 0.4) is 0 Å². The summed E-state index contributed by atoms with van der Waals surface area (Å²) >= 11 is 0. The Hall–Kier alpha value is -2.82. The maximum Gasteiger partial charge on any atom is 0.431 e. The lowest BCUT2D eigenvalue weighted by Crippen LogP contribution is -2.43. The van der Waals surface area contributed by atoms with Gasteiger partial charge < -0.3 is 4.74 Å². The van der Waals surface area contributed by atoms with Crippen molar-refractivity contribution in [1.82, 2.24) is 10.9 Å². The zero-order valence-electron chi connectivity index (χ0n) is 10.00. The first kappa shape index (κ1) is 12.6. The van der Waals surface area contributed by atoms with E-state index in [2.05, 4.69) is 10.9 Å². The first-order valence-electron chi connectivity index (χ1n) is 5.64. The second-order valence-electron chi connectivity index (χ2n) is 3.65. The van der Waals surface area contributed by atoms with E-state index in [1.54, 1.807) is 54.6 Å². The van der Waals surface area contributed by atoms with Crippen molar-refractivity contribution < 1.29 is 14.3 Å². The fourth-order valence-electron chi connectivity index (χ4n) is 1.39. The molecule has 0 aliphatic heterocycles. The topological polar surface area (TPSA) is 67.4 Å². The van der Waals surface area contributed by atoms with Crippen LogP contribution in [0.1, 0.15) is 10.4 Å².